The number of unbranched alkanes of at least 4 members (excludes halogenated alkanes) is 10. The van der Waals surface area contributed by atoms with Crippen LogP contribution in [-0.4, -0.2) is 191 Å². The van der Waals surface area contributed by atoms with Gasteiger partial charge in [-0.1, -0.05) is 132 Å². The molecule has 6 atom stereocenters. The number of carboxylic acid groups (broad SMARTS) is 2. The smallest absolute Gasteiger partial charge is 0.323 e. The molecule has 0 aromatic heterocycles. The molecule has 866 valence electrons. The maximum Gasteiger partial charge on any atom is 0.323 e. The number of ether oxygens (including phenoxy) is 11. The van der Waals surface area contributed by atoms with Gasteiger partial charge < -0.3 is 94.8 Å². The molecule has 0 spiro atoms. The summed E-state index contributed by atoms with van der Waals surface area (Å²) in [5.41, 5.74) is 18.3. The SMILES string of the molecule is CC(=O)C(N)CCCCC(=O)OC(C)(C)C.CC(=O)C(N)CCCCCC(=O)OC(C)(C)C.CC(=O)CCC(=O)OC(C)(C)C.CC(=O)CCCC(=O)OC(C)(C)C.CCC(=O)OC(C)(C)C.CCCC(=O)OC(C)(C)C.CCCCC(=O)OC(C)(C)C.CCCCC(CC(=O)OC(C)(C)C)C(=O)O.CCCCC(N)C(=O)OC(C)(C)C.CCCCCC(CC(=O)OC(C)(C)C)C(=O)O.CCCCCC(N)OC(C)(C)C. The van der Waals surface area contributed by atoms with Gasteiger partial charge in [0.1, 0.15) is 91.4 Å². The Morgan fingerprint density at radius 3 is 0.726 bits per heavy atom. The molecule has 0 bridgehead atoms. The third kappa shape index (κ3) is 151. The average molecular weight is 2100 g/mol. The van der Waals surface area contributed by atoms with Crippen molar-refractivity contribution in [3.05, 3.63) is 0 Å². The van der Waals surface area contributed by atoms with Crippen LogP contribution >= 0.6 is 0 Å². The number of hydrogen-bond acceptors (Lipinski definition) is 31. The van der Waals surface area contributed by atoms with Crippen molar-refractivity contribution in [1.82, 2.24) is 0 Å². The summed E-state index contributed by atoms with van der Waals surface area (Å²) in [5, 5.41) is 18.0. The van der Waals surface area contributed by atoms with Crippen molar-refractivity contribution in [3.8, 4) is 0 Å². The van der Waals surface area contributed by atoms with Crippen LogP contribution in [0.3, 0.4) is 0 Å². The van der Waals surface area contributed by atoms with Gasteiger partial charge in [-0.05, 0) is 333 Å². The van der Waals surface area contributed by atoms with Crippen LogP contribution in [0.25, 0.3) is 0 Å². The number of Topliss-reactive ketones (excluding diaryl/α,β-unsaturated/α-hetero) is 4. The molecule has 33 nitrogen and oxygen atoms in total. The van der Waals surface area contributed by atoms with E-state index in [9.17, 15) is 76.7 Å². The van der Waals surface area contributed by atoms with Gasteiger partial charge in [0.05, 0.1) is 48.8 Å². The summed E-state index contributed by atoms with van der Waals surface area (Å²) in [7, 11) is 0. The van der Waals surface area contributed by atoms with Crippen molar-refractivity contribution in [2.24, 2.45) is 34.8 Å². The monoisotopic (exact) mass is 2100 g/mol. The van der Waals surface area contributed by atoms with Crippen molar-refractivity contribution < 1.29 is 139 Å². The molecule has 0 saturated heterocycles. The maximum absolute atomic E-state index is 11.5. The summed E-state index contributed by atoms with van der Waals surface area (Å²) in [6, 6.07) is -1.20. The summed E-state index contributed by atoms with van der Waals surface area (Å²) < 4.78 is 56.4. The van der Waals surface area contributed by atoms with E-state index in [-0.39, 0.29) is 131 Å². The molecular weight excluding hydrogens is 1880 g/mol. The minimum atomic E-state index is -0.917. The largest absolute Gasteiger partial charge is 0.481 e. The average Bonchev–Trinajstić information content (AvgIpc) is 0.911. The van der Waals surface area contributed by atoms with Gasteiger partial charge in [0.15, 0.2) is 0 Å². The molecule has 0 saturated carbocycles. The normalized spacial score (nSPS) is 12.6. The molecule has 0 fully saturated rings. The lowest BCUT2D eigenvalue weighted by Gasteiger charge is -2.24. The molecular formula is C113H220N4O29. The molecule has 0 aliphatic heterocycles. The fraction of sp³-hybridized carbons (Fsp3) is 0.858. The number of rotatable bonds is 48. The van der Waals surface area contributed by atoms with Gasteiger partial charge in [0, 0.05) is 51.4 Å². The van der Waals surface area contributed by atoms with Crippen LogP contribution in [0.4, 0.5) is 0 Å². The Morgan fingerprint density at radius 2 is 0.459 bits per heavy atom. The zero-order valence-corrected chi connectivity index (χ0v) is 101. The molecule has 0 heterocycles. The summed E-state index contributed by atoms with van der Waals surface area (Å²) in [4.78, 5) is 176. The van der Waals surface area contributed by atoms with E-state index in [4.69, 9.17) is 85.3 Å². The first-order valence-electron chi connectivity index (χ1n) is 53.1. The number of hydrogen-bond donors (Lipinski definition) is 6. The second kappa shape index (κ2) is 86.8. The second-order valence-electron chi connectivity index (χ2n) is 47.2. The fourth-order valence-electron chi connectivity index (χ4n) is 10.8. The highest BCUT2D eigenvalue weighted by Crippen LogP contribution is 2.23. The standard InChI is InChI=1S/C13H25NO3.C13H24O4.C12H23NO3.C12H22O4.C10H21NO2.C10H23NO.C10H18O3.C9H16O3.C9H18O2.C8H16O2.C7H14O2/c1-10(15)11(14)8-6-5-7-9-12(16)17-13(2,3)4;1-5-6-7-8-10(12(15)16)9-11(14)17-13(2,3)4;1-9(14)10(13)7-5-6-8-11(15)16-12(2,3)4;1-5-6-7-9(11(14)15)8-10(13)16-12(2,3)4;1-5-6-7-8(11)9(12)13-10(2,3)4;1-5-6-7-8-9(11)12-10(2,3)4;1-8(11)6-5-7-9(12)13-10(2,3)4;1-7(10)5-6-8(11)12-9(2,3)4;1-5-6-7-8(10)11-9(2,3)4;1-5-6-7(9)10-8(2,3)4;1-5-6(8)9-7(2,3)4/h11H,5-9,14H2,1-4H3;10H,5-9H2,1-4H3,(H,15,16);10H,5-8,13H2,1-4H3;9H,5-8H2,1-4H3,(H,14,15);8H,5-7,11H2,1-4H3;9H,5-8,11H2,1-4H3;5-7H2,1-4H3;5-6H2,1-4H3;5-7H2,1-4H3;5-6H2,1-4H3;5H2,1-4H3. The molecule has 33 heteroatoms. The van der Waals surface area contributed by atoms with Crippen molar-refractivity contribution in [3.63, 3.8) is 0 Å². The topological polar surface area (TPSA) is 519 Å². The molecule has 0 aromatic rings. The fourth-order valence-corrected chi connectivity index (χ4v) is 10.8. The Balaban J connectivity index is -0.000000153. The third-order valence-electron chi connectivity index (χ3n) is 17.2. The maximum atomic E-state index is 11.5. The summed E-state index contributed by atoms with van der Waals surface area (Å²) in [5.74, 6) is -5.27. The minimum absolute atomic E-state index is 0.00253. The second-order valence-corrected chi connectivity index (χ2v) is 47.2. The lowest BCUT2D eigenvalue weighted by molar-refractivity contribution is -0.160. The van der Waals surface area contributed by atoms with E-state index in [2.05, 4.69) is 27.7 Å². The van der Waals surface area contributed by atoms with Crippen molar-refractivity contribution in [2.45, 2.75) is 622 Å². The van der Waals surface area contributed by atoms with Gasteiger partial charge in [0.25, 0.3) is 0 Å². The van der Waals surface area contributed by atoms with Crippen molar-refractivity contribution in [2.75, 3.05) is 0 Å². The Hall–Kier alpha value is -7.88. The minimum Gasteiger partial charge on any atom is -0.481 e. The van der Waals surface area contributed by atoms with E-state index in [0.717, 1.165) is 103 Å². The highest BCUT2D eigenvalue weighted by atomic mass is 16.6. The van der Waals surface area contributed by atoms with Crippen LogP contribution in [0.15, 0.2) is 0 Å². The number of nitrogens with two attached hydrogens (primary N) is 4. The zero-order valence-electron chi connectivity index (χ0n) is 101. The Morgan fingerprint density at radius 1 is 0.219 bits per heavy atom. The lowest BCUT2D eigenvalue weighted by Crippen LogP contribution is -2.37. The summed E-state index contributed by atoms with van der Waals surface area (Å²) in [6.07, 6.45) is 25.4. The van der Waals surface area contributed by atoms with E-state index >= 15 is 0 Å². The molecule has 0 aliphatic rings. The lowest BCUT2D eigenvalue weighted by atomic mass is 9.98. The molecule has 0 rings (SSSR count). The molecule has 0 aliphatic carbocycles. The first kappa shape index (κ1) is 161. The number of carbonyl (C=O) groups excluding carboxylic acids is 14. The number of aliphatic carboxylic acids is 2. The first-order chi connectivity index (χ1) is 65.8. The Bertz CT molecular complexity index is 3510. The van der Waals surface area contributed by atoms with Gasteiger partial charge >= 0.3 is 71.6 Å². The summed E-state index contributed by atoms with van der Waals surface area (Å²) in [6.45, 7) is 81.2. The van der Waals surface area contributed by atoms with Crippen molar-refractivity contribution >= 4 is 94.8 Å². The van der Waals surface area contributed by atoms with E-state index in [1.54, 1.807) is 69.2 Å². The number of carboxylic acids is 2. The van der Waals surface area contributed by atoms with Crippen molar-refractivity contribution in [1.29, 1.82) is 0 Å². The van der Waals surface area contributed by atoms with E-state index in [1.165, 1.54) is 47.0 Å². The van der Waals surface area contributed by atoms with Gasteiger partial charge in [-0.25, -0.2) is 0 Å². The van der Waals surface area contributed by atoms with Gasteiger partial charge in [0.2, 0.25) is 0 Å². The van der Waals surface area contributed by atoms with Crippen LogP contribution in [0, 0.1) is 11.8 Å². The van der Waals surface area contributed by atoms with E-state index < -0.39 is 87.0 Å². The van der Waals surface area contributed by atoms with Crippen LogP contribution in [0.2, 0.25) is 0 Å². The highest BCUT2D eigenvalue weighted by Gasteiger charge is 2.29. The molecule has 146 heavy (non-hydrogen) atoms. The van der Waals surface area contributed by atoms with Crippen LogP contribution < -0.4 is 22.9 Å². The van der Waals surface area contributed by atoms with E-state index in [1.807, 2.05) is 180 Å². The molecule has 10 N–H and O–H groups in total. The quantitative estimate of drug-likeness (QED) is 0.0143. The predicted octanol–water partition coefficient (Wildman–Crippen LogP) is 24.3. The zero-order chi connectivity index (χ0) is 117. The molecule has 0 amide bonds. The van der Waals surface area contributed by atoms with Crippen LogP contribution in [0.5, 0.6) is 0 Å². The number of esters is 10. The van der Waals surface area contributed by atoms with Crippen LogP contribution in [-0.2, 0) is 129 Å². The Kier molecular flexibility index (Phi) is 95.5. The first-order valence-corrected chi connectivity index (χ1v) is 53.1. The Labute approximate surface area is 885 Å². The highest BCUT2D eigenvalue weighted by molar-refractivity contribution is 5.83. The van der Waals surface area contributed by atoms with Gasteiger partial charge in [-0.15, -0.1) is 0 Å². The predicted molar refractivity (Wildman–Crippen MR) is 582 cm³/mol. The number of carbonyl (C=O) groups is 16. The molecule has 0 aromatic carbocycles. The van der Waals surface area contributed by atoms with E-state index in [0.29, 0.717) is 83.5 Å². The number of ketones is 4. The third-order valence-corrected chi connectivity index (χ3v) is 17.2. The van der Waals surface area contributed by atoms with Gasteiger partial charge in [-0.2, -0.15) is 0 Å². The summed E-state index contributed by atoms with van der Waals surface area (Å²) >= 11 is 0. The van der Waals surface area contributed by atoms with Gasteiger partial charge in [-0.3, -0.25) is 67.1 Å². The molecule has 0 radical (unpaired) electrons. The van der Waals surface area contributed by atoms with Crippen LogP contribution in [0.1, 0.15) is 536 Å². The molecule has 6 unspecified atom stereocenters.